The Morgan fingerprint density at radius 3 is 2.41 bits per heavy atom. The van der Waals surface area contributed by atoms with Gasteiger partial charge in [-0.05, 0) is 44.0 Å². The molecule has 5 nitrogen and oxygen atoms in total. The smallest absolute Gasteiger partial charge is 0.421 e. The summed E-state index contributed by atoms with van der Waals surface area (Å²) in [6.45, 7) is 5.37. The Morgan fingerprint density at radius 1 is 1.00 bits per heavy atom. The summed E-state index contributed by atoms with van der Waals surface area (Å²) in [6, 6.07) is 15.4. The maximum absolute atomic E-state index is 13.4. The van der Waals surface area contributed by atoms with Gasteiger partial charge in [-0.1, -0.05) is 36.4 Å². The quantitative estimate of drug-likeness (QED) is 0.636. The van der Waals surface area contributed by atoms with E-state index in [4.69, 9.17) is 4.74 Å². The van der Waals surface area contributed by atoms with E-state index >= 15 is 0 Å². The van der Waals surface area contributed by atoms with E-state index in [1.807, 2.05) is 60.3 Å². The van der Waals surface area contributed by atoms with Gasteiger partial charge in [-0.3, -0.25) is 4.79 Å². The second-order valence-corrected chi connectivity index (χ2v) is 7.86. The van der Waals surface area contributed by atoms with E-state index in [1.54, 1.807) is 26.8 Å². The summed E-state index contributed by atoms with van der Waals surface area (Å²) in [5.41, 5.74) is 2.69. The molecule has 0 aliphatic carbocycles. The summed E-state index contributed by atoms with van der Waals surface area (Å²) in [5.74, 6) is -0.804. The molecule has 2 heterocycles. The predicted molar refractivity (Wildman–Crippen MR) is 105 cm³/mol. The van der Waals surface area contributed by atoms with Crippen LogP contribution < -0.4 is 4.90 Å². The number of rotatable bonds is 1. The Balaban J connectivity index is 1.85. The number of carbonyl (C=O) groups is 2. The van der Waals surface area contributed by atoms with Crippen LogP contribution in [-0.2, 0) is 16.6 Å². The van der Waals surface area contributed by atoms with Crippen LogP contribution in [0.3, 0.4) is 0 Å². The lowest BCUT2D eigenvalue weighted by Crippen LogP contribution is -2.39. The highest BCUT2D eigenvalue weighted by Gasteiger charge is 2.44. The summed E-state index contributed by atoms with van der Waals surface area (Å²) in [5, 5.41) is 1.01. The molecule has 5 heteroatoms. The molecular formula is C22H22N2O3. The molecule has 2 amide bonds. The van der Waals surface area contributed by atoms with E-state index in [1.165, 1.54) is 4.90 Å². The van der Waals surface area contributed by atoms with E-state index < -0.39 is 17.6 Å². The highest BCUT2D eigenvalue weighted by atomic mass is 16.6. The summed E-state index contributed by atoms with van der Waals surface area (Å²) < 4.78 is 7.50. The minimum absolute atomic E-state index is 0.276. The van der Waals surface area contributed by atoms with E-state index in [2.05, 4.69) is 0 Å². The van der Waals surface area contributed by atoms with Gasteiger partial charge in [0.25, 0.3) is 0 Å². The van der Waals surface area contributed by atoms with Gasteiger partial charge in [0.15, 0.2) is 0 Å². The Labute approximate surface area is 158 Å². The number of carbonyl (C=O) groups excluding carboxylic acids is 2. The van der Waals surface area contributed by atoms with Crippen LogP contribution in [-0.4, -0.2) is 22.2 Å². The number of aryl methyl sites for hydroxylation is 1. The molecule has 0 radical (unpaired) electrons. The van der Waals surface area contributed by atoms with Gasteiger partial charge in [0, 0.05) is 24.1 Å². The van der Waals surface area contributed by atoms with Crippen LogP contribution in [0.15, 0.2) is 54.7 Å². The van der Waals surface area contributed by atoms with Crippen LogP contribution in [0.5, 0.6) is 0 Å². The number of nitrogens with zero attached hydrogens (tertiary/aromatic N) is 2. The average molecular weight is 362 g/mol. The topological polar surface area (TPSA) is 51.5 Å². The zero-order chi connectivity index (χ0) is 19.3. The van der Waals surface area contributed by atoms with Crippen molar-refractivity contribution in [3.63, 3.8) is 0 Å². The number of benzene rings is 2. The van der Waals surface area contributed by atoms with Gasteiger partial charge in [0.05, 0.1) is 11.6 Å². The Bertz CT molecular complexity index is 1060. The minimum atomic E-state index is -0.677. The molecule has 1 unspecified atom stereocenters. The van der Waals surface area contributed by atoms with E-state index in [0.29, 0.717) is 5.69 Å². The summed E-state index contributed by atoms with van der Waals surface area (Å²) in [7, 11) is 1.96. The molecule has 27 heavy (non-hydrogen) atoms. The van der Waals surface area contributed by atoms with Crippen molar-refractivity contribution in [1.29, 1.82) is 0 Å². The molecule has 3 aromatic rings. The summed E-state index contributed by atoms with van der Waals surface area (Å²) in [6.07, 6.45) is 1.34. The fourth-order valence-electron chi connectivity index (χ4n) is 3.72. The number of anilines is 1. The van der Waals surface area contributed by atoms with Crippen LogP contribution >= 0.6 is 0 Å². The van der Waals surface area contributed by atoms with Crippen molar-refractivity contribution in [2.75, 3.05) is 4.90 Å². The lowest BCUT2D eigenvalue weighted by molar-refractivity contribution is -0.118. The van der Waals surface area contributed by atoms with Crippen molar-refractivity contribution < 1.29 is 14.3 Å². The number of para-hydroxylation sites is 2. The van der Waals surface area contributed by atoms with Crippen LogP contribution in [0, 0.1) is 0 Å². The first-order valence-corrected chi connectivity index (χ1v) is 8.98. The number of ether oxygens (including phenoxy) is 1. The second-order valence-electron chi connectivity index (χ2n) is 7.86. The number of imide groups is 1. The maximum Gasteiger partial charge on any atom is 0.421 e. The lowest BCUT2D eigenvalue weighted by atomic mass is 9.92. The molecule has 0 saturated carbocycles. The molecular weight excluding hydrogens is 340 g/mol. The number of fused-ring (bicyclic) bond motifs is 2. The molecule has 0 saturated heterocycles. The number of amides is 2. The Hall–Kier alpha value is -3.08. The van der Waals surface area contributed by atoms with Gasteiger partial charge < -0.3 is 9.30 Å². The van der Waals surface area contributed by atoms with Crippen molar-refractivity contribution in [1.82, 2.24) is 4.57 Å². The Morgan fingerprint density at radius 2 is 1.67 bits per heavy atom. The monoisotopic (exact) mass is 362 g/mol. The molecule has 138 valence electrons. The molecule has 1 aliphatic rings. The summed E-state index contributed by atoms with van der Waals surface area (Å²) >= 11 is 0. The van der Waals surface area contributed by atoms with Gasteiger partial charge >= 0.3 is 6.09 Å². The molecule has 1 aromatic heterocycles. The predicted octanol–water partition coefficient (Wildman–Crippen LogP) is 4.59. The maximum atomic E-state index is 13.4. The second kappa shape index (κ2) is 5.98. The van der Waals surface area contributed by atoms with Crippen LogP contribution in [0.2, 0.25) is 0 Å². The third-order valence-corrected chi connectivity index (χ3v) is 4.77. The fraction of sp³-hybridized carbons (Fsp3) is 0.273. The van der Waals surface area contributed by atoms with Gasteiger partial charge in [-0.25, -0.2) is 9.69 Å². The largest absolute Gasteiger partial charge is 0.443 e. The third kappa shape index (κ3) is 2.79. The minimum Gasteiger partial charge on any atom is -0.443 e. The highest BCUT2D eigenvalue weighted by molar-refractivity contribution is 6.21. The third-order valence-electron chi connectivity index (χ3n) is 4.77. The average Bonchev–Trinajstić information content (AvgIpc) is 3.07. The highest BCUT2D eigenvalue weighted by Crippen LogP contribution is 2.44. The number of aromatic nitrogens is 1. The van der Waals surface area contributed by atoms with E-state index in [0.717, 1.165) is 22.0 Å². The molecule has 1 atom stereocenters. The number of hydrogen-bond donors (Lipinski definition) is 0. The molecule has 2 aromatic carbocycles. The Kier molecular flexibility index (Phi) is 3.84. The zero-order valence-electron chi connectivity index (χ0n) is 15.9. The molecule has 0 spiro atoms. The van der Waals surface area contributed by atoms with Crippen LogP contribution in [0.4, 0.5) is 10.5 Å². The van der Waals surface area contributed by atoms with E-state index in [9.17, 15) is 9.59 Å². The number of hydrogen-bond acceptors (Lipinski definition) is 3. The van der Waals surface area contributed by atoms with Crippen LogP contribution in [0.25, 0.3) is 10.9 Å². The van der Waals surface area contributed by atoms with Crippen molar-refractivity contribution in [2.24, 2.45) is 7.05 Å². The van der Waals surface area contributed by atoms with Crippen LogP contribution in [0.1, 0.15) is 37.8 Å². The van der Waals surface area contributed by atoms with Gasteiger partial charge in [0.1, 0.15) is 5.60 Å². The van der Waals surface area contributed by atoms with Crippen molar-refractivity contribution >= 4 is 28.6 Å². The summed E-state index contributed by atoms with van der Waals surface area (Å²) in [4.78, 5) is 27.3. The molecule has 4 rings (SSSR count). The van der Waals surface area contributed by atoms with E-state index in [-0.39, 0.29) is 5.91 Å². The van der Waals surface area contributed by atoms with Gasteiger partial charge in [-0.2, -0.15) is 0 Å². The first-order chi connectivity index (χ1) is 12.8. The first kappa shape index (κ1) is 17.3. The normalized spacial score (nSPS) is 16.7. The molecule has 0 fully saturated rings. The molecule has 0 N–H and O–H groups in total. The zero-order valence-corrected chi connectivity index (χ0v) is 15.9. The van der Waals surface area contributed by atoms with Crippen molar-refractivity contribution in [2.45, 2.75) is 32.3 Å². The van der Waals surface area contributed by atoms with Gasteiger partial charge in [0.2, 0.25) is 5.91 Å². The SMILES string of the molecule is Cn1cc(C2C(=O)N(C(=O)OC(C)(C)C)c3ccccc32)c2ccccc21. The van der Waals surface area contributed by atoms with Crippen molar-refractivity contribution in [3.8, 4) is 0 Å². The standard InChI is InChI=1S/C22H22N2O3/c1-22(2,3)27-21(26)24-18-12-8-6-10-15(18)19(20(24)25)16-13-23(4)17-11-7-5-9-14(16)17/h5-13,19H,1-4H3. The van der Waals surface area contributed by atoms with Crippen molar-refractivity contribution in [3.05, 3.63) is 65.9 Å². The fourth-order valence-corrected chi connectivity index (χ4v) is 3.72. The van der Waals surface area contributed by atoms with Gasteiger partial charge in [-0.15, -0.1) is 0 Å². The molecule has 1 aliphatic heterocycles. The lowest BCUT2D eigenvalue weighted by Gasteiger charge is -2.24. The first-order valence-electron chi connectivity index (χ1n) is 8.98. The molecule has 0 bridgehead atoms.